The van der Waals surface area contributed by atoms with Crippen LogP contribution in [0.15, 0.2) is 24.3 Å². The molecule has 1 fully saturated rings. The van der Waals surface area contributed by atoms with Gasteiger partial charge in [0.15, 0.2) is 0 Å². The standard InChI is InChI=1S/C12H13ClN2O3/c13-8-1-3-9(4-2-8)15(7-10(16)17)11(18)12(14)5-6-12/h1-4H,5-7,14H2,(H,16,17). The molecule has 1 aromatic carbocycles. The Labute approximate surface area is 109 Å². The molecule has 1 aliphatic carbocycles. The first-order valence-corrected chi connectivity index (χ1v) is 5.88. The molecule has 1 aliphatic rings. The summed E-state index contributed by atoms with van der Waals surface area (Å²) in [6, 6.07) is 6.42. The first-order valence-electron chi connectivity index (χ1n) is 5.50. The topological polar surface area (TPSA) is 83.6 Å². The Balaban J connectivity index is 2.27. The summed E-state index contributed by atoms with van der Waals surface area (Å²) < 4.78 is 0. The van der Waals surface area contributed by atoms with E-state index >= 15 is 0 Å². The van der Waals surface area contributed by atoms with Gasteiger partial charge in [-0.3, -0.25) is 14.5 Å². The molecule has 6 heteroatoms. The molecule has 0 heterocycles. The van der Waals surface area contributed by atoms with E-state index < -0.39 is 18.1 Å². The number of carboxylic acid groups (broad SMARTS) is 1. The largest absolute Gasteiger partial charge is 0.480 e. The van der Waals surface area contributed by atoms with Crippen LogP contribution in [0.4, 0.5) is 5.69 Å². The van der Waals surface area contributed by atoms with E-state index in [-0.39, 0.29) is 5.91 Å². The Hall–Kier alpha value is -1.59. The smallest absolute Gasteiger partial charge is 0.323 e. The molecule has 5 nitrogen and oxygen atoms in total. The summed E-state index contributed by atoms with van der Waals surface area (Å²) in [5.74, 6) is -1.44. The SMILES string of the molecule is NC1(C(=O)N(CC(=O)O)c2ccc(Cl)cc2)CC1. The van der Waals surface area contributed by atoms with Gasteiger partial charge in [-0.15, -0.1) is 0 Å². The van der Waals surface area contributed by atoms with Crippen molar-refractivity contribution in [3.8, 4) is 0 Å². The van der Waals surface area contributed by atoms with Crippen LogP contribution in [0, 0.1) is 0 Å². The van der Waals surface area contributed by atoms with Gasteiger partial charge >= 0.3 is 5.97 Å². The number of nitrogens with two attached hydrogens (primary N) is 1. The minimum Gasteiger partial charge on any atom is -0.480 e. The Morgan fingerprint density at radius 2 is 1.89 bits per heavy atom. The lowest BCUT2D eigenvalue weighted by molar-refractivity contribution is -0.136. The van der Waals surface area contributed by atoms with E-state index in [1.807, 2.05) is 0 Å². The number of aliphatic carboxylic acids is 1. The number of halogens is 1. The summed E-state index contributed by atoms with van der Waals surface area (Å²) in [5, 5.41) is 9.40. The molecule has 1 saturated carbocycles. The van der Waals surface area contributed by atoms with Gasteiger partial charge in [-0.05, 0) is 37.1 Å². The van der Waals surface area contributed by atoms with Crippen molar-refractivity contribution in [2.24, 2.45) is 5.73 Å². The number of hydrogen-bond acceptors (Lipinski definition) is 3. The Morgan fingerprint density at radius 1 is 1.33 bits per heavy atom. The maximum Gasteiger partial charge on any atom is 0.323 e. The number of rotatable bonds is 4. The third kappa shape index (κ3) is 2.63. The minimum absolute atomic E-state index is 0.354. The molecular weight excluding hydrogens is 256 g/mol. The predicted molar refractivity (Wildman–Crippen MR) is 67.6 cm³/mol. The van der Waals surface area contributed by atoms with Crippen molar-refractivity contribution < 1.29 is 14.7 Å². The number of anilines is 1. The van der Waals surface area contributed by atoms with Crippen molar-refractivity contribution >= 4 is 29.2 Å². The summed E-state index contributed by atoms with van der Waals surface area (Å²) >= 11 is 5.76. The van der Waals surface area contributed by atoms with Crippen molar-refractivity contribution in [2.75, 3.05) is 11.4 Å². The molecule has 0 saturated heterocycles. The molecule has 1 amide bonds. The van der Waals surface area contributed by atoms with E-state index in [9.17, 15) is 9.59 Å². The fraction of sp³-hybridized carbons (Fsp3) is 0.333. The van der Waals surface area contributed by atoms with Crippen LogP contribution >= 0.6 is 11.6 Å². The fourth-order valence-corrected chi connectivity index (χ4v) is 1.78. The Morgan fingerprint density at radius 3 is 2.33 bits per heavy atom. The molecule has 0 atom stereocenters. The highest BCUT2D eigenvalue weighted by Gasteiger charge is 2.48. The van der Waals surface area contributed by atoms with Gasteiger partial charge in [0, 0.05) is 10.7 Å². The summed E-state index contributed by atoms with van der Waals surface area (Å²) in [6.07, 6.45) is 1.19. The number of benzene rings is 1. The van der Waals surface area contributed by atoms with Gasteiger partial charge in [-0.25, -0.2) is 0 Å². The average molecular weight is 269 g/mol. The molecule has 0 aromatic heterocycles. The van der Waals surface area contributed by atoms with Crippen LogP contribution in [-0.2, 0) is 9.59 Å². The maximum absolute atomic E-state index is 12.2. The second-order valence-corrected chi connectivity index (χ2v) is 4.85. The van der Waals surface area contributed by atoms with Gasteiger partial charge in [-0.2, -0.15) is 0 Å². The third-order valence-corrected chi connectivity index (χ3v) is 3.14. The highest BCUT2D eigenvalue weighted by atomic mass is 35.5. The monoisotopic (exact) mass is 268 g/mol. The van der Waals surface area contributed by atoms with Crippen LogP contribution in [0.25, 0.3) is 0 Å². The molecule has 3 N–H and O–H groups in total. The van der Waals surface area contributed by atoms with E-state index in [0.717, 1.165) is 0 Å². The molecule has 0 spiro atoms. The van der Waals surface area contributed by atoms with Crippen molar-refractivity contribution in [3.05, 3.63) is 29.3 Å². The van der Waals surface area contributed by atoms with Gasteiger partial charge in [-0.1, -0.05) is 11.6 Å². The minimum atomic E-state index is -1.08. The van der Waals surface area contributed by atoms with E-state index in [0.29, 0.717) is 23.6 Å². The normalized spacial score (nSPS) is 16.1. The number of carboxylic acids is 1. The van der Waals surface area contributed by atoms with Crippen molar-refractivity contribution in [3.63, 3.8) is 0 Å². The molecule has 0 bridgehead atoms. The van der Waals surface area contributed by atoms with E-state index in [1.54, 1.807) is 24.3 Å². The van der Waals surface area contributed by atoms with Crippen molar-refractivity contribution in [2.45, 2.75) is 18.4 Å². The average Bonchev–Trinajstić information content (AvgIpc) is 3.06. The highest BCUT2D eigenvalue weighted by molar-refractivity contribution is 6.30. The molecule has 0 aliphatic heterocycles. The molecule has 96 valence electrons. The molecule has 2 rings (SSSR count). The zero-order chi connectivity index (χ0) is 13.3. The zero-order valence-corrected chi connectivity index (χ0v) is 10.4. The fourth-order valence-electron chi connectivity index (χ4n) is 1.65. The number of nitrogens with zero attached hydrogens (tertiary/aromatic N) is 1. The van der Waals surface area contributed by atoms with Gasteiger partial charge in [0.25, 0.3) is 0 Å². The second-order valence-electron chi connectivity index (χ2n) is 4.42. The molecule has 0 radical (unpaired) electrons. The number of carbonyl (C=O) groups is 2. The maximum atomic E-state index is 12.2. The lowest BCUT2D eigenvalue weighted by Crippen LogP contribution is -2.47. The van der Waals surface area contributed by atoms with Crippen molar-refractivity contribution in [1.82, 2.24) is 0 Å². The number of hydrogen-bond donors (Lipinski definition) is 2. The Kier molecular flexibility index (Phi) is 3.28. The van der Waals surface area contributed by atoms with Crippen LogP contribution in [0.3, 0.4) is 0 Å². The highest BCUT2D eigenvalue weighted by Crippen LogP contribution is 2.35. The first-order chi connectivity index (χ1) is 8.42. The summed E-state index contributed by atoms with van der Waals surface area (Å²) in [4.78, 5) is 24.2. The van der Waals surface area contributed by atoms with Gasteiger partial charge < -0.3 is 10.8 Å². The number of amides is 1. The summed E-state index contributed by atoms with van der Waals surface area (Å²) in [6.45, 7) is -0.403. The molecular formula is C12H13ClN2O3. The zero-order valence-electron chi connectivity index (χ0n) is 9.60. The van der Waals surface area contributed by atoms with Gasteiger partial charge in [0.2, 0.25) is 5.91 Å². The van der Waals surface area contributed by atoms with Gasteiger partial charge in [0.1, 0.15) is 6.54 Å². The molecule has 0 unspecified atom stereocenters. The van der Waals surface area contributed by atoms with Gasteiger partial charge in [0.05, 0.1) is 5.54 Å². The lowest BCUT2D eigenvalue weighted by Gasteiger charge is -2.24. The third-order valence-electron chi connectivity index (χ3n) is 2.89. The summed E-state index contributed by atoms with van der Waals surface area (Å²) in [5.41, 5.74) is 5.42. The Bertz CT molecular complexity index is 483. The first kappa shape index (κ1) is 12.9. The van der Waals surface area contributed by atoms with Crippen LogP contribution < -0.4 is 10.6 Å². The van der Waals surface area contributed by atoms with E-state index in [2.05, 4.69) is 0 Å². The lowest BCUT2D eigenvalue weighted by atomic mass is 10.2. The molecule has 18 heavy (non-hydrogen) atoms. The van der Waals surface area contributed by atoms with Crippen LogP contribution in [0.1, 0.15) is 12.8 Å². The van der Waals surface area contributed by atoms with E-state index in [4.69, 9.17) is 22.4 Å². The van der Waals surface area contributed by atoms with E-state index in [1.165, 1.54) is 4.90 Å². The van der Waals surface area contributed by atoms with Crippen LogP contribution in [-0.4, -0.2) is 29.1 Å². The second kappa shape index (κ2) is 4.59. The predicted octanol–water partition coefficient (Wildman–Crippen LogP) is 1.25. The summed E-state index contributed by atoms with van der Waals surface area (Å²) in [7, 11) is 0. The number of carbonyl (C=O) groups excluding carboxylic acids is 1. The molecule has 1 aromatic rings. The quantitative estimate of drug-likeness (QED) is 0.861. The van der Waals surface area contributed by atoms with Crippen LogP contribution in [0.5, 0.6) is 0 Å². The van der Waals surface area contributed by atoms with Crippen LogP contribution in [0.2, 0.25) is 5.02 Å². The van der Waals surface area contributed by atoms with Crippen molar-refractivity contribution in [1.29, 1.82) is 0 Å².